The van der Waals surface area contributed by atoms with Gasteiger partial charge in [-0.25, -0.2) is 0 Å². The zero-order valence-corrected chi connectivity index (χ0v) is 10.5. The van der Waals surface area contributed by atoms with E-state index in [-0.39, 0.29) is 0 Å². The minimum atomic E-state index is 0.716. The molecule has 1 rings (SSSR count). The predicted octanol–water partition coefficient (Wildman–Crippen LogP) is 4.17. The summed E-state index contributed by atoms with van der Waals surface area (Å²) in [7, 11) is 0. The predicted molar refractivity (Wildman–Crippen MR) is 69.8 cm³/mol. The third-order valence-corrected chi connectivity index (χ3v) is 2.65. The first-order chi connectivity index (χ1) is 7.72. The second-order valence-corrected chi connectivity index (χ2v) is 3.89. The highest BCUT2D eigenvalue weighted by Crippen LogP contribution is 2.26. The fraction of sp³-hybridized carbons (Fsp3) is 0.400. The SMILES string of the molecule is C=C[C](C)c1ccc(CCC)c(OCC)c1. The molecule has 1 heteroatoms. The van der Waals surface area contributed by atoms with Gasteiger partial charge in [0.25, 0.3) is 0 Å². The Kier molecular flexibility index (Phi) is 5.10. The summed E-state index contributed by atoms with van der Waals surface area (Å²) in [5.74, 6) is 2.20. The molecule has 0 saturated heterocycles. The number of aryl methyl sites for hydroxylation is 1. The Labute approximate surface area is 99.1 Å². The van der Waals surface area contributed by atoms with E-state index in [2.05, 4.69) is 38.6 Å². The minimum absolute atomic E-state index is 0.716. The van der Waals surface area contributed by atoms with Crippen molar-refractivity contribution in [2.75, 3.05) is 6.61 Å². The van der Waals surface area contributed by atoms with E-state index in [0.29, 0.717) is 6.61 Å². The van der Waals surface area contributed by atoms with Crippen LogP contribution in [0.15, 0.2) is 30.9 Å². The van der Waals surface area contributed by atoms with Crippen LogP contribution < -0.4 is 4.74 Å². The van der Waals surface area contributed by atoms with Gasteiger partial charge in [-0.2, -0.15) is 0 Å². The molecule has 0 spiro atoms. The Balaban J connectivity index is 3.01. The molecule has 1 radical (unpaired) electrons. The fourth-order valence-electron chi connectivity index (χ4n) is 1.68. The summed E-state index contributed by atoms with van der Waals surface area (Å²) < 4.78 is 5.68. The van der Waals surface area contributed by atoms with Gasteiger partial charge in [0.1, 0.15) is 5.75 Å². The maximum Gasteiger partial charge on any atom is 0.122 e. The molecule has 0 bridgehead atoms. The summed E-state index contributed by atoms with van der Waals surface area (Å²) >= 11 is 0. The molecule has 0 unspecified atom stereocenters. The highest BCUT2D eigenvalue weighted by Gasteiger charge is 2.07. The van der Waals surface area contributed by atoms with Crippen LogP contribution in [0.2, 0.25) is 0 Å². The van der Waals surface area contributed by atoms with Crippen LogP contribution in [0.1, 0.15) is 38.3 Å². The molecule has 0 saturated carbocycles. The first-order valence-electron chi connectivity index (χ1n) is 5.95. The molecular formula is C15H21O. The number of ether oxygens (including phenoxy) is 1. The lowest BCUT2D eigenvalue weighted by molar-refractivity contribution is 0.336. The van der Waals surface area contributed by atoms with Crippen LogP contribution in [0.4, 0.5) is 0 Å². The number of rotatable bonds is 6. The van der Waals surface area contributed by atoms with Gasteiger partial charge in [-0.05, 0) is 30.5 Å². The zero-order valence-electron chi connectivity index (χ0n) is 10.5. The molecule has 0 aliphatic heterocycles. The summed E-state index contributed by atoms with van der Waals surface area (Å²) in [5, 5.41) is 0. The van der Waals surface area contributed by atoms with E-state index >= 15 is 0 Å². The quantitative estimate of drug-likeness (QED) is 0.695. The number of hydrogen-bond acceptors (Lipinski definition) is 1. The lowest BCUT2D eigenvalue weighted by atomic mass is 9.98. The summed E-state index contributed by atoms with van der Waals surface area (Å²) in [6.45, 7) is 10.8. The normalized spacial score (nSPS) is 10.5. The van der Waals surface area contributed by atoms with E-state index in [4.69, 9.17) is 4.74 Å². The Morgan fingerprint density at radius 2 is 2.12 bits per heavy atom. The van der Waals surface area contributed by atoms with Crippen molar-refractivity contribution in [1.82, 2.24) is 0 Å². The summed E-state index contributed by atoms with van der Waals surface area (Å²) in [4.78, 5) is 0. The van der Waals surface area contributed by atoms with E-state index in [1.807, 2.05) is 13.0 Å². The van der Waals surface area contributed by atoms with Crippen LogP contribution in [0, 0.1) is 5.92 Å². The van der Waals surface area contributed by atoms with Crippen molar-refractivity contribution in [2.45, 2.75) is 33.6 Å². The number of allylic oxidation sites excluding steroid dienone is 1. The average Bonchev–Trinajstić information content (AvgIpc) is 2.31. The molecule has 1 aromatic carbocycles. The second-order valence-electron chi connectivity index (χ2n) is 3.89. The third-order valence-electron chi connectivity index (χ3n) is 2.65. The van der Waals surface area contributed by atoms with Gasteiger partial charge in [-0.3, -0.25) is 0 Å². The van der Waals surface area contributed by atoms with E-state index in [9.17, 15) is 0 Å². The van der Waals surface area contributed by atoms with Crippen LogP contribution >= 0.6 is 0 Å². The van der Waals surface area contributed by atoms with E-state index < -0.39 is 0 Å². The molecule has 0 aromatic heterocycles. The maximum absolute atomic E-state index is 5.68. The van der Waals surface area contributed by atoms with E-state index in [0.717, 1.165) is 18.6 Å². The molecule has 0 aliphatic carbocycles. The van der Waals surface area contributed by atoms with Crippen LogP contribution in [-0.2, 0) is 6.42 Å². The van der Waals surface area contributed by atoms with Crippen molar-refractivity contribution in [1.29, 1.82) is 0 Å². The van der Waals surface area contributed by atoms with E-state index in [1.54, 1.807) is 0 Å². The van der Waals surface area contributed by atoms with Crippen LogP contribution in [0.25, 0.3) is 0 Å². The van der Waals surface area contributed by atoms with Gasteiger partial charge in [-0.1, -0.05) is 38.5 Å². The van der Waals surface area contributed by atoms with Gasteiger partial charge < -0.3 is 4.74 Å². The lowest BCUT2D eigenvalue weighted by Gasteiger charge is -2.13. The largest absolute Gasteiger partial charge is 0.494 e. The molecule has 0 fully saturated rings. The fourth-order valence-corrected chi connectivity index (χ4v) is 1.68. The van der Waals surface area contributed by atoms with Crippen LogP contribution in [0.3, 0.4) is 0 Å². The monoisotopic (exact) mass is 217 g/mol. The summed E-state index contributed by atoms with van der Waals surface area (Å²) in [5.41, 5.74) is 2.49. The molecule has 0 atom stereocenters. The van der Waals surface area contributed by atoms with Crippen molar-refractivity contribution in [2.24, 2.45) is 0 Å². The van der Waals surface area contributed by atoms with Crippen molar-refractivity contribution < 1.29 is 4.74 Å². The first-order valence-corrected chi connectivity index (χ1v) is 5.95. The van der Waals surface area contributed by atoms with Gasteiger partial charge in [0.05, 0.1) is 6.61 Å². The average molecular weight is 217 g/mol. The van der Waals surface area contributed by atoms with Gasteiger partial charge >= 0.3 is 0 Å². The Hall–Kier alpha value is -1.24. The van der Waals surface area contributed by atoms with Crippen molar-refractivity contribution in [3.05, 3.63) is 47.9 Å². The van der Waals surface area contributed by atoms with Crippen LogP contribution in [-0.4, -0.2) is 6.61 Å². The van der Waals surface area contributed by atoms with Gasteiger partial charge in [-0.15, -0.1) is 6.58 Å². The zero-order chi connectivity index (χ0) is 12.0. The van der Waals surface area contributed by atoms with Crippen molar-refractivity contribution >= 4 is 0 Å². The molecular weight excluding hydrogens is 196 g/mol. The third kappa shape index (κ3) is 3.13. The standard InChI is InChI=1S/C15H21O/c1-5-8-13-9-10-14(12(4)6-2)11-15(13)16-7-3/h6,9-11H,2,5,7-8H2,1,3-4H3. The second kappa shape index (κ2) is 6.37. The van der Waals surface area contributed by atoms with Crippen molar-refractivity contribution in [3.63, 3.8) is 0 Å². The van der Waals surface area contributed by atoms with Crippen molar-refractivity contribution in [3.8, 4) is 5.75 Å². The highest BCUT2D eigenvalue weighted by atomic mass is 16.5. The Morgan fingerprint density at radius 1 is 1.38 bits per heavy atom. The van der Waals surface area contributed by atoms with Gasteiger partial charge in [0, 0.05) is 5.92 Å². The molecule has 0 heterocycles. The van der Waals surface area contributed by atoms with Gasteiger partial charge in [0.15, 0.2) is 0 Å². The lowest BCUT2D eigenvalue weighted by Crippen LogP contribution is -1.99. The molecule has 0 amide bonds. The smallest absolute Gasteiger partial charge is 0.122 e. The topological polar surface area (TPSA) is 9.23 Å². The van der Waals surface area contributed by atoms with Gasteiger partial charge in [0.2, 0.25) is 0 Å². The summed E-state index contributed by atoms with van der Waals surface area (Å²) in [6.07, 6.45) is 4.09. The molecule has 0 aliphatic rings. The Morgan fingerprint density at radius 3 is 2.69 bits per heavy atom. The molecule has 87 valence electrons. The maximum atomic E-state index is 5.68. The molecule has 16 heavy (non-hydrogen) atoms. The summed E-state index contributed by atoms with van der Waals surface area (Å²) in [6, 6.07) is 6.42. The molecule has 1 aromatic rings. The minimum Gasteiger partial charge on any atom is -0.494 e. The van der Waals surface area contributed by atoms with Crippen LogP contribution in [0.5, 0.6) is 5.75 Å². The Bertz CT molecular complexity index is 341. The van der Waals surface area contributed by atoms with E-state index in [1.165, 1.54) is 17.0 Å². The molecule has 1 nitrogen and oxygen atoms in total. The number of benzene rings is 1. The number of hydrogen-bond donors (Lipinski definition) is 0. The highest BCUT2D eigenvalue weighted by molar-refractivity contribution is 5.45. The first kappa shape index (κ1) is 12.8. The molecule has 0 N–H and O–H groups in total.